The molecule has 1 aliphatic rings. The Morgan fingerprint density at radius 2 is 1.79 bits per heavy atom. The van der Waals surface area contributed by atoms with E-state index in [2.05, 4.69) is 13.8 Å². The van der Waals surface area contributed by atoms with E-state index in [1.165, 1.54) is 11.8 Å². The monoisotopic (exact) mass is 282 g/mol. The van der Waals surface area contributed by atoms with Crippen LogP contribution in [0.5, 0.6) is 0 Å². The summed E-state index contributed by atoms with van der Waals surface area (Å²) in [5.41, 5.74) is 1.21. The highest BCUT2D eigenvalue weighted by atomic mass is 32.2. The van der Waals surface area contributed by atoms with Crippen LogP contribution in [0.15, 0.2) is 29.2 Å². The van der Waals surface area contributed by atoms with E-state index in [9.17, 15) is 8.42 Å². The zero-order valence-electron chi connectivity index (χ0n) is 11.8. The molecular formula is C15H22O3S. The Labute approximate surface area is 115 Å². The van der Waals surface area contributed by atoms with Crippen LogP contribution in [0, 0.1) is 0 Å². The third-order valence-electron chi connectivity index (χ3n) is 3.88. The summed E-state index contributed by atoms with van der Waals surface area (Å²) in [7, 11) is -3.10. The molecule has 3 atom stereocenters. The Morgan fingerprint density at radius 3 is 2.21 bits per heavy atom. The normalized spacial score (nSPS) is 24.2. The van der Waals surface area contributed by atoms with Gasteiger partial charge in [-0.25, -0.2) is 8.42 Å². The zero-order valence-corrected chi connectivity index (χ0v) is 12.6. The molecule has 1 fully saturated rings. The predicted octanol–water partition coefficient (Wildman–Crippen LogP) is 3.15. The average Bonchev–Trinajstić information content (AvgIpc) is 3.13. The maximum atomic E-state index is 11.4. The Balaban J connectivity index is 2.07. The van der Waals surface area contributed by atoms with Crippen molar-refractivity contribution in [2.24, 2.45) is 0 Å². The molecule has 0 radical (unpaired) electrons. The van der Waals surface area contributed by atoms with E-state index >= 15 is 0 Å². The maximum absolute atomic E-state index is 11.4. The first-order valence-electron chi connectivity index (χ1n) is 6.91. The molecule has 1 saturated heterocycles. The van der Waals surface area contributed by atoms with E-state index in [1.54, 1.807) is 12.1 Å². The summed E-state index contributed by atoms with van der Waals surface area (Å²) in [6, 6.07) is 7.29. The van der Waals surface area contributed by atoms with Crippen molar-refractivity contribution in [2.45, 2.75) is 56.1 Å². The summed E-state index contributed by atoms with van der Waals surface area (Å²) in [6.07, 6.45) is 5.23. The van der Waals surface area contributed by atoms with E-state index < -0.39 is 9.84 Å². The van der Waals surface area contributed by atoms with Gasteiger partial charge in [-0.1, -0.05) is 26.0 Å². The molecule has 4 heteroatoms. The molecule has 3 unspecified atom stereocenters. The highest BCUT2D eigenvalue weighted by molar-refractivity contribution is 7.90. The van der Waals surface area contributed by atoms with E-state index in [1.807, 2.05) is 12.1 Å². The summed E-state index contributed by atoms with van der Waals surface area (Å²) in [4.78, 5) is 0.389. The molecule has 0 spiro atoms. The molecule has 0 N–H and O–H groups in total. The second kappa shape index (κ2) is 5.63. The van der Waals surface area contributed by atoms with E-state index in [0.717, 1.165) is 19.3 Å². The largest absolute Gasteiger partial charge is 0.370 e. The molecule has 0 aliphatic carbocycles. The van der Waals surface area contributed by atoms with Crippen LogP contribution >= 0.6 is 0 Å². The first kappa shape index (κ1) is 14.5. The number of ether oxygens (including phenoxy) is 1. The van der Waals surface area contributed by atoms with Gasteiger partial charge in [0.1, 0.15) is 0 Å². The minimum absolute atomic E-state index is 0.389. The molecular weight excluding hydrogens is 260 g/mol. The molecule has 1 aliphatic heterocycles. The Bertz CT molecular complexity index is 519. The molecule has 106 valence electrons. The summed E-state index contributed by atoms with van der Waals surface area (Å²) in [5, 5.41) is 0. The molecule has 2 rings (SSSR count). The summed E-state index contributed by atoms with van der Waals surface area (Å²) >= 11 is 0. The van der Waals surface area contributed by atoms with Gasteiger partial charge in [0.15, 0.2) is 9.84 Å². The fourth-order valence-corrected chi connectivity index (χ4v) is 3.18. The van der Waals surface area contributed by atoms with Gasteiger partial charge < -0.3 is 4.74 Å². The number of benzene rings is 1. The van der Waals surface area contributed by atoms with Crippen LogP contribution in [0.1, 0.15) is 44.6 Å². The number of hydrogen-bond acceptors (Lipinski definition) is 3. The van der Waals surface area contributed by atoms with Gasteiger partial charge >= 0.3 is 0 Å². The van der Waals surface area contributed by atoms with Gasteiger partial charge in [0.05, 0.1) is 17.1 Å². The van der Waals surface area contributed by atoms with Gasteiger partial charge in [-0.2, -0.15) is 0 Å². The van der Waals surface area contributed by atoms with Gasteiger partial charge in [0.25, 0.3) is 0 Å². The fourth-order valence-electron chi connectivity index (χ4n) is 2.55. The molecule has 0 amide bonds. The Kier molecular flexibility index (Phi) is 4.31. The lowest BCUT2D eigenvalue weighted by atomic mass is 9.91. The standard InChI is InChI=1S/C15H22O3S/c1-4-11(10-15-14(5-2)18-15)12-6-8-13(9-7-12)19(3,16)17/h6-9,11,14-15H,4-5,10H2,1-3H3. The molecule has 3 nitrogen and oxygen atoms in total. The van der Waals surface area contributed by atoms with Gasteiger partial charge in [0.2, 0.25) is 0 Å². The van der Waals surface area contributed by atoms with Crippen molar-refractivity contribution < 1.29 is 13.2 Å². The topological polar surface area (TPSA) is 46.7 Å². The van der Waals surface area contributed by atoms with Crippen LogP contribution in [0.25, 0.3) is 0 Å². The Hall–Kier alpha value is -0.870. The van der Waals surface area contributed by atoms with Gasteiger partial charge in [0, 0.05) is 6.26 Å². The molecule has 0 bridgehead atoms. The maximum Gasteiger partial charge on any atom is 0.175 e. The third kappa shape index (κ3) is 3.57. The van der Waals surface area contributed by atoms with Crippen LogP contribution in [0.2, 0.25) is 0 Å². The van der Waals surface area contributed by atoms with Crippen molar-refractivity contribution in [3.63, 3.8) is 0 Å². The first-order valence-corrected chi connectivity index (χ1v) is 8.80. The molecule has 0 saturated carbocycles. The van der Waals surface area contributed by atoms with Crippen LogP contribution in [0.4, 0.5) is 0 Å². The molecule has 1 heterocycles. The van der Waals surface area contributed by atoms with E-state index in [0.29, 0.717) is 23.0 Å². The van der Waals surface area contributed by atoms with E-state index in [-0.39, 0.29) is 0 Å². The van der Waals surface area contributed by atoms with Crippen LogP contribution in [-0.2, 0) is 14.6 Å². The highest BCUT2D eigenvalue weighted by Gasteiger charge is 2.38. The zero-order chi connectivity index (χ0) is 14.0. The molecule has 1 aromatic rings. The van der Waals surface area contributed by atoms with Crippen molar-refractivity contribution in [3.8, 4) is 0 Å². The number of sulfone groups is 1. The van der Waals surface area contributed by atoms with Crippen LogP contribution in [-0.4, -0.2) is 26.9 Å². The minimum atomic E-state index is -3.10. The lowest BCUT2D eigenvalue weighted by molar-refractivity contribution is 0.349. The quantitative estimate of drug-likeness (QED) is 0.753. The highest BCUT2D eigenvalue weighted by Crippen LogP contribution is 2.36. The smallest absolute Gasteiger partial charge is 0.175 e. The number of epoxide rings is 1. The predicted molar refractivity (Wildman–Crippen MR) is 76.2 cm³/mol. The lowest BCUT2D eigenvalue weighted by Gasteiger charge is -2.14. The number of hydrogen-bond donors (Lipinski definition) is 0. The third-order valence-corrected chi connectivity index (χ3v) is 5.01. The average molecular weight is 282 g/mol. The van der Waals surface area contributed by atoms with Gasteiger partial charge in [-0.05, 0) is 42.9 Å². The molecule has 0 aromatic heterocycles. The van der Waals surface area contributed by atoms with Crippen molar-refractivity contribution in [3.05, 3.63) is 29.8 Å². The first-order chi connectivity index (χ1) is 8.95. The molecule has 19 heavy (non-hydrogen) atoms. The Morgan fingerprint density at radius 1 is 1.16 bits per heavy atom. The summed E-state index contributed by atoms with van der Waals surface area (Å²) in [5.74, 6) is 0.454. The van der Waals surface area contributed by atoms with Crippen molar-refractivity contribution in [1.29, 1.82) is 0 Å². The van der Waals surface area contributed by atoms with Crippen LogP contribution < -0.4 is 0 Å². The second-order valence-electron chi connectivity index (χ2n) is 5.30. The van der Waals surface area contributed by atoms with E-state index in [4.69, 9.17) is 4.74 Å². The van der Waals surface area contributed by atoms with Gasteiger partial charge in [-0.3, -0.25) is 0 Å². The van der Waals surface area contributed by atoms with Gasteiger partial charge in [-0.15, -0.1) is 0 Å². The van der Waals surface area contributed by atoms with Crippen molar-refractivity contribution in [1.82, 2.24) is 0 Å². The van der Waals surface area contributed by atoms with Crippen molar-refractivity contribution >= 4 is 9.84 Å². The minimum Gasteiger partial charge on any atom is -0.370 e. The summed E-state index contributed by atoms with van der Waals surface area (Å²) in [6.45, 7) is 4.31. The second-order valence-corrected chi connectivity index (χ2v) is 7.32. The summed E-state index contributed by atoms with van der Waals surface area (Å²) < 4.78 is 28.5. The lowest BCUT2D eigenvalue weighted by Crippen LogP contribution is -2.04. The van der Waals surface area contributed by atoms with Crippen LogP contribution in [0.3, 0.4) is 0 Å². The molecule has 1 aromatic carbocycles. The van der Waals surface area contributed by atoms with Crippen molar-refractivity contribution in [2.75, 3.05) is 6.26 Å². The fraction of sp³-hybridized carbons (Fsp3) is 0.600. The number of rotatable bonds is 6. The SMILES string of the molecule is CCC(CC1OC1CC)c1ccc(S(C)(=O)=O)cc1.